The minimum atomic E-state index is -0.257. The van der Waals surface area contributed by atoms with E-state index in [2.05, 4.69) is 22.3 Å². The third-order valence-electron chi connectivity index (χ3n) is 5.51. The molecule has 2 aliphatic rings. The third-order valence-corrected chi connectivity index (χ3v) is 5.51. The van der Waals surface area contributed by atoms with Gasteiger partial charge in [-0.2, -0.15) is 10.1 Å². The van der Waals surface area contributed by atoms with Gasteiger partial charge in [-0.05, 0) is 35.6 Å². The second-order valence-electron chi connectivity index (χ2n) is 7.73. The predicted molar refractivity (Wildman–Crippen MR) is 109 cm³/mol. The van der Waals surface area contributed by atoms with E-state index < -0.39 is 0 Å². The maximum Gasteiger partial charge on any atom is 0.226 e. The van der Waals surface area contributed by atoms with Gasteiger partial charge in [0.2, 0.25) is 5.95 Å². The number of hydrogen-bond donors (Lipinski definition) is 1. The molecule has 0 spiro atoms. The molecule has 6 heteroatoms. The van der Waals surface area contributed by atoms with Crippen molar-refractivity contribution in [2.75, 3.05) is 5.32 Å². The van der Waals surface area contributed by atoms with Gasteiger partial charge in [-0.1, -0.05) is 49.4 Å². The molecule has 1 aliphatic heterocycles. The first-order valence-electron chi connectivity index (χ1n) is 9.88. The third kappa shape index (κ3) is 3.31. The number of carbonyl (C=O) groups is 1. The second kappa shape index (κ2) is 7.20. The summed E-state index contributed by atoms with van der Waals surface area (Å²) in [5, 5.41) is 7.70. The van der Waals surface area contributed by atoms with Crippen LogP contribution in [-0.2, 0) is 11.4 Å². The van der Waals surface area contributed by atoms with Crippen molar-refractivity contribution in [1.82, 2.24) is 14.8 Å². The van der Waals surface area contributed by atoms with E-state index in [4.69, 9.17) is 4.74 Å². The lowest BCUT2D eigenvalue weighted by Gasteiger charge is -2.34. The molecule has 1 aliphatic carbocycles. The fourth-order valence-corrected chi connectivity index (χ4v) is 4.14. The molecular weight excluding hydrogens is 364 g/mol. The van der Waals surface area contributed by atoms with Crippen molar-refractivity contribution < 1.29 is 9.53 Å². The van der Waals surface area contributed by atoms with Crippen LogP contribution in [0.3, 0.4) is 0 Å². The molecule has 0 unspecified atom stereocenters. The summed E-state index contributed by atoms with van der Waals surface area (Å²) in [6.45, 7) is 2.63. The molecule has 0 fully saturated rings. The number of anilines is 1. The summed E-state index contributed by atoms with van der Waals surface area (Å²) in [5.74, 6) is 1.99. The first-order valence-corrected chi connectivity index (χ1v) is 9.88. The zero-order valence-electron chi connectivity index (χ0n) is 16.2. The average Bonchev–Trinajstić information content (AvgIpc) is 3.20. The SMILES string of the molecule is C[C@H]1CC(=O)C2=C(C1)Nc1ncnn1[C@H]2c1ccc(OCc2ccccc2)cc1. The van der Waals surface area contributed by atoms with Crippen LogP contribution >= 0.6 is 0 Å². The number of carbonyl (C=O) groups excluding carboxylic acids is 1. The van der Waals surface area contributed by atoms with Gasteiger partial charge in [0.15, 0.2) is 5.78 Å². The highest BCUT2D eigenvalue weighted by Crippen LogP contribution is 2.41. The van der Waals surface area contributed by atoms with Crippen molar-refractivity contribution in [3.8, 4) is 5.75 Å². The summed E-state index contributed by atoms with van der Waals surface area (Å²) in [6, 6.07) is 17.7. The van der Waals surface area contributed by atoms with E-state index >= 15 is 0 Å². The fourth-order valence-electron chi connectivity index (χ4n) is 4.14. The van der Waals surface area contributed by atoms with Crippen LogP contribution in [0.5, 0.6) is 5.75 Å². The van der Waals surface area contributed by atoms with Crippen LogP contribution in [0.1, 0.15) is 36.9 Å². The minimum Gasteiger partial charge on any atom is -0.489 e. The molecule has 1 N–H and O–H groups in total. The monoisotopic (exact) mass is 386 g/mol. The highest BCUT2D eigenvalue weighted by Gasteiger charge is 2.37. The van der Waals surface area contributed by atoms with E-state index in [1.54, 1.807) is 4.68 Å². The molecule has 2 heterocycles. The number of nitrogens with zero attached hydrogens (tertiary/aromatic N) is 3. The lowest BCUT2D eigenvalue weighted by molar-refractivity contribution is -0.117. The van der Waals surface area contributed by atoms with Crippen LogP contribution in [-0.4, -0.2) is 20.5 Å². The summed E-state index contributed by atoms with van der Waals surface area (Å²) in [4.78, 5) is 17.2. The van der Waals surface area contributed by atoms with E-state index in [1.165, 1.54) is 6.33 Å². The average molecular weight is 386 g/mol. The van der Waals surface area contributed by atoms with Crippen LogP contribution < -0.4 is 10.1 Å². The largest absolute Gasteiger partial charge is 0.489 e. The highest BCUT2D eigenvalue weighted by molar-refractivity contribution is 5.99. The Bertz CT molecular complexity index is 1070. The Labute approximate surface area is 169 Å². The minimum absolute atomic E-state index is 0.182. The van der Waals surface area contributed by atoms with Crippen LogP contribution in [0.4, 0.5) is 5.95 Å². The van der Waals surface area contributed by atoms with Gasteiger partial charge in [0, 0.05) is 17.7 Å². The zero-order valence-corrected chi connectivity index (χ0v) is 16.2. The number of ketones is 1. The van der Waals surface area contributed by atoms with Gasteiger partial charge in [-0.3, -0.25) is 4.79 Å². The van der Waals surface area contributed by atoms with Gasteiger partial charge >= 0.3 is 0 Å². The molecular formula is C23H22N4O2. The molecule has 29 heavy (non-hydrogen) atoms. The van der Waals surface area contributed by atoms with Crippen LogP contribution in [0.2, 0.25) is 0 Å². The first kappa shape index (κ1) is 17.7. The number of fused-ring (bicyclic) bond motifs is 1. The standard InChI is InChI=1S/C23H22N4O2/c1-15-11-19-21(20(28)12-15)22(27-23(26-19)24-14-25-27)17-7-9-18(10-8-17)29-13-16-5-3-2-4-6-16/h2-10,14-15,22H,11-13H2,1H3,(H,24,25,26)/t15-,22+/m1/s1. The number of ether oxygens (including phenoxy) is 1. The van der Waals surface area contributed by atoms with Crippen molar-refractivity contribution in [2.24, 2.45) is 5.92 Å². The summed E-state index contributed by atoms with van der Waals surface area (Å²) in [6.07, 6.45) is 2.95. The molecule has 2 aromatic carbocycles. The Morgan fingerprint density at radius 2 is 1.90 bits per heavy atom. The number of benzene rings is 2. The van der Waals surface area contributed by atoms with Crippen LogP contribution in [0.25, 0.3) is 0 Å². The summed E-state index contributed by atoms with van der Waals surface area (Å²) >= 11 is 0. The maximum absolute atomic E-state index is 12.9. The summed E-state index contributed by atoms with van der Waals surface area (Å²) in [5.41, 5.74) is 3.90. The van der Waals surface area contributed by atoms with Crippen molar-refractivity contribution >= 4 is 11.7 Å². The number of allylic oxidation sites excluding steroid dienone is 2. The molecule has 0 bridgehead atoms. The molecule has 2 atom stereocenters. The Balaban J connectivity index is 1.44. The fraction of sp³-hybridized carbons (Fsp3) is 0.261. The Kier molecular flexibility index (Phi) is 4.39. The number of rotatable bonds is 4. The van der Waals surface area contributed by atoms with E-state index in [-0.39, 0.29) is 11.8 Å². The molecule has 1 aromatic heterocycles. The van der Waals surface area contributed by atoms with E-state index in [1.807, 2.05) is 54.6 Å². The number of nitrogens with one attached hydrogen (secondary N) is 1. The number of hydrogen-bond acceptors (Lipinski definition) is 5. The molecule has 0 saturated heterocycles. The topological polar surface area (TPSA) is 69.0 Å². The number of aromatic nitrogens is 3. The van der Waals surface area contributed by atoms with Crippen LogP contribution in [0.15, 0.2) is 72.2 Å². The molecule has 146 valence electrons. The maximum atomic E-state index is 12.9. The van der Waals surface area contributed by atoms with E-state index in [0.717, 1.165) is 34.6 Å². The molecule has 6 nitrogen and oxygen atoms in total. The lowest BCUT2D eigenvalue weighted by atomic mass is 9.81. The molecule has 0 saturated carbocycles. The first-order chi connectivity index (χ1) is 14.2. The quantitative estimate of drug-likeness (QED) is 0.730. The normalized spacial score (nSPS) is 20.7. The van der Waals surface area contributed by atoms with Crippen LogP contribution in [0, 0.1) is 5.92 Å². The highest BCUT2D eigenvalue weighted by atomic mass is 16.5. The van der Waals surface area contributed by atoms with Gasteiger partial charge in [0.25, 0.3) is 0 Å². The summed E-state index contributed by atoms with van der Waals surface area (Å²) in [7, 11) is 0. The second-order valence-corrected chi connectivity index (χ2v) is 7.73. The van der Waals surface area contributed by atoms with Gasteiger partial charge in [-0.25, -0.2) is 4.68 Å². The number of Topliss-reactive ketones (excluding diaryl/α,β-unsaturated/α-hetero) is 1. The Morgan fingerprint density at radius 3 is 2.69 bits per heavy atom. The van der Waals surface area contributed by atoms with Gasteiger partial charge in [0.05, 0.1) is 0 Å². The van der Waals surface area contributed by atoms with Crippen molar-refractivity contribution in [1.29, 1.82) is 0 Å². The van der Waals surface area contributed by atoms with Gasteiger partial charge in [-0.15, -0.1) is 0 Å². The van der Waals surface area contributed by atoms with Crippen molar-refractivity contribution in [3.63, 3.8) is 0 Å². The predicted octanol–water partition coefficient (Wildman–Crippen LogP) is 4.13. The Morgan fingerprint density at radius 1 is 1.10 bits per heavy atom. The Hall–Kier alpha value is -3.41. The van der Waals surface area contributed by atoms with Crippen molar-refractivity contribution in [2.45, 2.75) is 32.4 Å². The molecule has 0 radical (unpaired) electrons. The smallest absolute Gasteiger partial charge is 0.226 e. The van der Waals surface area contributed by atoms with Gasteiger partial charge in [0.1, 0.15) is 24.7 Å². The summed E-state index contributed by atoms with van der Waals surface area (Å²) < 4.78 is 7.70. The zero-order chi connectivity index (χ0) is 19.8. The lowest BCUT2D eigenvalue weighted by Crippen LogP contribution is -2.33. The van der Waals surface area contributed by atoms with Gasteiger partial charge < -0.3 is 10.1 Å². The van der Waals surface area contributed by atoms with Crippen molar-refractivity contribution in [3.05, 3.63) is 83.3 Å². The molecule has 5 rings (SSSR count). The molecule has 0 amide bonds. The molecule has 3 aromatic rings. The van der Waals surface area contributed by atoms with E-state index in [0.29, 0.717) is 24.9 Å². The van der Waals surface area contributed by atoms with E-state index in [9.17, 15) is 4.79 Å².